The van der Waals surface area contributed by atoms with Gasteiger partial charge < -0.3 is 23.9 Å². The predicted octanol–water partition coefficient (Wildman–Crippen LogP) is 4.56. The Morgan fingerprint density at radius 3 is 2.59 bits per heavy atom. The molecule has 0 amide bonds. The molecule has 2 bridgehead atoms. The van der Waals surface area contributed by atoms with Gasteiger partial charge in [-0.25, -0.2) is 0 Å². The van der Waals surface area contributed by atoms with Gasteiger partial charge in [0.05, 0.1) is 25.9 Å². The summed E-state index contributed by atoms with van der Waals surface area (Å²) in [6.07, 6.45) is 1.79. The van der Waals surface area contributed by atoms with Gasteiger partial charge in [-0.05, 0) is 63.9 Å². The van der Waals surface area contributed by atoms with Crippen molar-refractivity contribution in [3.8, 4) is 11.5 Å². The predicted molar refractivity (Wildman–Crippen MR) is 134 cm³/mol. The number of fused-ring (bicyclic) bond motifs is 6. The SMILES string of the molecule is COc1ccc2cc3cc4c(c(OC)c3cc2c1)C[C@@]1(CCO)C[C@@H]4OB(c2ccccc2)O1. The third-order valence-corrected chi connectivity index (χ3v) is 7.29. The van der Waals surface area contributed by atoms with Crippen LogP contribution in [0, 0.1) is 0 Å². The molecule has 6 rings (SSSR count). The van der Waals surface area contributed by atoms with Crippen molar-refractivity contribution >= 4 is 34.1 Å². The highest BCUT2D eigenvalue weighted by molar-refractivity contribution is 6.61. The van der Waals surface area contributed by atoms with E-state index in [1.165, 1.54) is 0 Å². The van der Waals surface area contributed by atoms with Crippen molar-refractivity contribution in [1.29, 1.82) is 0 Å². The van der Waals surface area contributed by atoms with Gasteiger partial charge in [-0.2, -0.15) is 0 Å². The Kier molecular flexibility index (Phi) is 5.25. The number of hydrogen-bond donors (Lipinski definition) is 1. The normalized spacial score (nSPS) is 21.5. The van der Waals surface area contributed by atoms with Crippen LogP contribution in [0.1, 0.15) is 30.1 Å². The van der Waals surface area contributed by atoms with E-state index >= 15 is 0 Å². The van der Waals surface area contributed by atoms with E-state index in [2.05, 4.69) is 24.3 Å². The van der Waals surface area contributed by atoms with E-state index in [9.17, 15) is 5.11 Å². The van der Waals surface area contributed by atoms with E-state index in [0.717, 1.165) is 49.6 Å². The second-order valence-electron chi connectivity index (χ2n) is 9.29. The van der Waals surface area contributed by atoms with Gasteiger partial charge in [0, 0.05) is 30.4 Å². The van der Waals surface area contributed by atoms with E-state index in [1.807, 2.05) is 42.5 Å². The molecule has 4 aromatic carbocycles. The fourth-order valence-electron chi connectivity index (χ4n) is 5.65. The standard InChI is InChI=1S/C28H27BO5/c1-31-22-9-8-18-12-20-15-24-25(27(32-2)23(20)14-19(18)13-22)16-28(10-11-30)17-26(24)33-29(34-28)21-6-4-3-5-7-21/h3-9,12-15,26,30H,10-11,16-17H2,1-2H3/t26-,28-/m0/s1. The molecule has 4 aromatic rings. The molecule has 1 saturated heterocycles. The lowest BCUT2D eigenvalue weighted by molar-refractivity contribution is -0.0750. The molecule has 1 heterocycles. The molecule has 34 heavy (non-hydrogen) atoms. The largest absolute Gasteiger partial charge is 0.497 e. The summed E-state index contributed by atoms with van der Waals surface area (Å²) >= 11 is 0. The molecule has 5 nitrogen and oxygen atoms in total. The quantitative estimate of drug-likeness (QED) is 0.354. The summed E-state index contributed by atoms with van der Waals surface area (Å²) in [5.74, 6) is 1.68. The summed E-state index contributed by atoms with van der Waals surface area (Å²) in [6, 6.07) is 22.8. The van der Waals surface area contributed by atoms with Crippen LogP contribution >= 0.6 is 0 Å². The van der Waals surface area contributed by atoms with Crippen molar-refractivity contribution in [2.75, 3.05) is 20.8 Å². The molecular weight excluding hydrogens is 427 g/mol. The number of ether oxygens (including phenoxy) is 2. The lowest BCUT2D eigenvalue weighted by Crippen LogP contribution is -2.56. The third-order valence-electron chi connectivity index (χ3n) is 7.29. The van der Waals surface area contributed by atoms with Gasteiger partial charge in [0.15, 0.2) is 0 Å². The first-order valence-electron chi connectivity index (χ1n) is 11.7. The maximum absolute atomic E-state index is 9.93. The molecule has 0 saturated carbocycles. The first-order chi connectivity index (χ1) is 16.6. The Bertz CT molecular complexity index is 1370. The zero-order valence-corrected chi connectivity index (χ0v) is 19.4. The van der Waals surface area contributed by atoms with Crippen LogP contribution in [-0.4, -0.2) is 38.7 Å². The summed E-state index contributed by atoms with van der Waals surface area (Å²) in [6.45, 7) is 0.0594. The molecule has 1 fully saturated rings. The van der Waals surface area contributed by atoms with Crippen molar-refractivity contribution < 1.29 is 23.9 Å². The molecule has 2 aliphatic rings. The maximum Gasteiger partial charge on any atom is 0.494 e. The van der Waals surface area contributed by atoms with Gasteiger partial charge in [0.25, 0.3) is 0 Å². The second-order valence-corrected chi connectivity index (χ2v) is 9.29. The fourth-order valence-corrected chi connectivity index (χ4v) is 5.65. The summed E-state index contributed by atoms with van der Waals surface area (Å²) in [5.41, 5.74) is 2.74. The summed E-state index contributed by atoms with van der Waals surface area (Å²) in [5, 5.41) is 14.4. The average Bonchev–Trinajstić information content (AvgIpc) is 2.86. The van der Waals surface area contributed by atoms with Gasteiger partial charge in [-0.1, -0.05) is 36.4 Å². The van der Waals surface area contributed by atoms with E-state index in [1.54, 1.807) is 14.2 Å². The molecule has 0 radical (unpaired) electrons. The van der Waals surface area contributed by atoms with Crippen LogP contribution in [0.25, 0.3) is 21.5 Å². The monoisotopic (exact) mass is 454 g/mol. The molecule has 1 N–H and O–H groups in total. The smallest absolute Gasteiger partial charge is 0.494 e. The van der Waals surface area contributed by atoms with Crippen LogP contribution < -0.4 is 14.9 Å². The van der Waals surface area contributed by atoms with Crippen molar-refractivity contribution in [1.82, 2.24) is 0 Å². The molecule has 172 valence electrons. The minimum absolute atomic E-state index is 0.0594. The summed E-state index contributed by atoms with van der Waals surface area (Å²) < 4.78 is 24.6. The third kappa shape index (κ3) is 3.45. The van der Waals surface area contributed by atoms with Crippen LogP contribution in [0.2, 0.25) is 0 Å². The van der Waals surface area contributed by atoms with E-state index in [-0.39, 0.29) is 12.7 Å². The van der Waals surface area contributed by atoms with E-state index in [4.69, 9.17) is 18.8 Å². The van der Waals surface area contributed by atoms with E-state index < -0.39 is 12.7 Å². The molecule has 0 spiro atoms. The van der Waals surface area contributed by atoms with Gasteiger partial charge in [-0.15, -0.1) is 0 Å². The first-order valence-corrected chi connectivity index (χ1v) is 11.7. The Balaban J connectivity index is 1.53. The van der Waals surface area contributed by atoms with Gasteiger partial charge >= 0.3 is 7.12 Å². The lowest BCUT2D eigenvalue weighted by atomic mass is 9.68. The zero-order chi connectivity index (χ0) is 23.3. The molecule has 0 aromatic heterocycles. The second kappa shape index (κ2) is 8.31. The number of hydrogen-bond acceptors (Lipinski definition) is 5. The van der Waals surface area contributed by atoms with Crippen molar-refractivity contribution in [2.45, 2.75) is 31.0 Å². The minimum atomic E-state index is -0.508. The van der Waals surface area contributed by atoms with Gasteiger partial charge in [-0.3, -0.25) is 0 Å². The number of rotatable bonds is 5. The molecule has 1 aliphatic heterocycles. The van der Waals surface area contributed by atoms with Crippen molar-refractivity contribution in [3.63, 3.8) is 0 Å². The Morgan fingerprint density at radius 2 is 1.82 bits per heavy atom. The molecule has 6 heteroatoms. The van der Waals surface area contributed by atoms with Crippen LogP contribution in [0.5, 0.6) is 11.5 Å². The molecule has 1 aliphatic carbocycles. The molecule has 2 atom stereocenters. The Morgan fingerprint density at radius 1 is 0.971 bits per heavy atom. The van der Waals surface area contributed by atoms with Crippen LogP contribution in [0.4, 0.5) is 0 Å². The van der Waals surface area contributed by atoms with Gasteiger partial charge in [0.1, 0.15) is 11.5 Å². The Hall–Kier alpha value is -3.06. The highest BCUT2D eigenvalue weighted by Gasteiger charge is 2.50. The lowest BCUT2D eigenvalue weighted by Gasteiger charge is -2.48. The highest BCUT2D eigenvalue weighted by Crippen LogP contribution is 2.50. The Labute approximate surface area is 199 Å². The molecular formula is C28H27BO5. The van der Waals surface area contributed by atoms with Crippen LogP contribution in [0.3, 0.4) is 0 Å². The number of benzene rings is 4. The zero-order valence-electron chi connectivity index (χ0n) is 19.4. The van der Waals surface area contributed by atoms with Crippen molar-refractivity contribution in [2.24, 2.45) is 0 Å². The maximum atomic E-state index is 9.93. The highest BCUT2D eigenvalue weighted by atomic mass is 16.6. The fraction of sp³-hybridized carbons (Fsp3) is 0.286. The first kappa shape index (κ1) is 21.5. The number of aliphatic hydroxyl groups is 1. The number of methoxy groups -OCH3 is 2. The summed E-state index contributed by atoms with van der Waals surface area (Å²) in [4.78, 5) is 0. The topological polar surface area (TPSA) is 57.2 Å². The minimum Gasteiger partial charge on any atom is -0.497 e. The number of aliphatic hydroxyl groups excluding tert-OH is 1. The average molecular weight is 454 g/mol. The van der Waals surface area contributed by atoms with E-state index in [0.29, 0.717) is 19.3 Å². The van der Waals surface area contributed by atoms with Crippen LogP contribution in [-0.2, 0) is 15.7 Å². The summed E-state index contributed by atoms with van der Waals surface area (Å²) in [7, 11) is 2.94. The van der Waals surface area contributed by atoms with Crippen LogP contribution in [0.15, 0.2) is 66.7 Å². The van der Waals surface area contributed by atoms with Gasteiger partial charge in [0.2, 0.25) is 0 Å². The van der Waals surface area contributed by atoms with Crippen molar-refractivity contribution in [3.05, 3.63) is 77.9 Å². The molecule has 0 unspecified atom stereocenters.